The number of aliphatic carboxylic acids is 1. The summed E-state index contributed by atoms with van der Waals surface area (Å²) in [7, 11) is 1.51. The number of amides is 9. The van der Waals surface area contributed by atoms with Crippen LogP contribution in [0.3, 0.4) is 0 Å². The maximum Gasteiger partial charge on any atom is 0.328 e. The van der Waals surface area contributed by atoms with Gasteiger partial charge in [-0.3, -0.25) is 47.9 Å². The lowest BCUT2D eigenvalue weighted by Crippen LogP contribution is -2.52. The average molecular weight is 1680 g/mol. The zero-order valence-corrected chi connectivity index (χ0v) is 71.7. The Bertz CT molecular complexity index is 3650. The molecule has 1 unspecified atom stereocenters. The Hall–Kier alpha value is -8.16. The van der Waals surface area contributed by atoms with Gasteiger partial charge >= 0.3 is 11.9 Å². The highest BCUT2D eigenvalue weighted by atomic mass is 79.9. The van der Waals surface area contributed by atoms with E-state index in [1.54, 1.807) is 62.3 Å². The first-order valence-corrected chi connectivity index (χ1v) is 42.0. The van der Waals surface area contributed by atoms with Crippen molar-refractivity contribution in [3.8, 4) is 0 Å². The summed E-state index contributed by atoms with van der Waals surface area (Å²) in [6.45, 7) is 18.7. The van der Waals surface area contributed by atoms with E-state index in [0.717, 1.165) is 66.5 Å². The number of carboxylic acids is 1. The summed E-state index contributed by atoms with van der Waals surface area (Å²) in [6, 6.07) is 6.62. The van der Waals surface area contributed by atoms with Crippen molar-refractivity contribution in [2.75, 3.05) is 171 Å². The Morgan fingerprint density at radius 1 is 0.626 bits per heavy atom. The van der Waals surface area contributed by atoms with Crippen LogP contribution in [0, 0.1) is 23.7 Å². The van der Waals surface area contributed by atoms with Crippen LogP contribution >= 0.6 is 15.9 Å². The molecule has 3 aliphatic heterocycles. The summed E-state index contributed by atoms with van der Waals surface area (Å²) in [5.74, 6) is -9.04. The van der Waals surface area contributed by atoms with Gasteiger partial charge in [0.15, 0.2) is 0 Å². The third kappa shape index (κ3) is 37.3. The van der Waals surface area contributed by atoms with Gasteiger partial charge in [0.2, 0.25) is 53.2 Å². The van der Waals surface area contributed by atoms with Crippen LogP contribution in [-0.2, 0) is 79.9 Å². The van der Waals surface area contributed by atoms with Gasteiger partial charge in [0.05, 0.1) is 75.3 Å². The van der Waals surface area contributed by atoms with Gasteiger partial charge in [0.25, 0.3) is 0 Å². The molecule has 5 rings (SSSR count). The van der Waals surface area contributed by atoms with Gasteiger partial charge < -0.3 is 84.4 Å². The number of cyclic esters (lactones) is 1. The number of hydrogen-bond donors (Lipinski definition) is 4. The summed E-state index contributed by atoms with van der Waals surface area (Å²) >= 11 is 3.47. The first-order chi connectivity index (χ1) is 56.2. The van der Waals surface area contributed by atoms with Crippen LogP contribution in [-0.4, -0.2) is 307 Å². The number of nitrogens with two attached hydrogens (primary N) is 1. The number of carbonyl (C=O) groups is 11. The summed E-state index contributed by atoms with van der Waals surface area (Å²) in [6.07, 6.45) is 19.0. The van der Waals surface area contributed by atoms with Crippen molar-refractivity contribution in [1.29, 1.82) is 0 Å². The third-order valence-corrected chi connectivity index (χ3v) is 20.9. The molecule has 29 nitrogen and oxygen atoms in total. The molecule has 642 valence electrons. The number of methoxy groups -OCH3 is 1. The summed E-state index contributed by atoms with van der Waals surface area (Å²) < 4.78 is 45.8. The molecule has 3 saturated heterocycles. The number of aromatic nitrogens is 2. The minimum Gasteiger partial charge on any atom is -0.481 e. The molecule has 5 atom stereocenters. The number of imidazole rings is 1. The lowest BCUT2D eigenvalue weighted by Gasteiger charge is -2.32. The van der Waals surface area contributed by atoms with Crippen molar-refractivity contribution < 1.29 is 76.2 Å². The number of unbranched alkanes of at least 4 members (excludes halogenated alkanes) is 1. The number of esters is 1. The monoisotopic (exact) mass is 1670 g/mol. The van der Waals surface area contributed by atoms with E-state index in [4.69, 9.17) is 29.2 Å². The highest BCUT2D eigenvalue weighted by Gasteiger charge is 2.33. The van der Waals surface area contributed by atoms with Gasteiger partial charge in [-0.25, -0.2) is 9.78 Å². The zero-order valence-electron chi connectivity index (χ0n) is 73.1. The van der Waals surface area contributed by atoms with Crippen LogP contribution in [0.25, 0.3) is 0 Å². The predicted octanol–water partition coefficient (Wildman–Crippen LogP) is 6.99. The van der Waals surface area contributed by atoms with E-state index in [-0.39, 0.29) is 115 Å². The Kier molecular flexibility index (Phi) is 42.7. The predicted molar refractivity (Wildman–Crippen MR) is 446 cm³/mol. The number of likely N-dealkylation sites (tertiary alicyclic amines) is 2. The fourth-order valence-corrected chi connectivity index (χ4v) is 14.6. The number of carbonyl (C=O) groups excluding carboxylic acids is 10. The van der Waals surface area contributed by atoms with E-state index >= 15 is 9.59 Å². The lowest BCUT2D eigenvalue weighted by molar-refractivity contribution is -0.147. The average Bonchev–Trinajstić information content (AvgIpc) is 1.03. The van der Waals surface area contributed by atoms with Gasteiger partial charge in [-0.05, 0) is 156 Å². The number of rotatable bonds is 56. The van der Waals surface area contributed by atoms with Crippen LogP contribution in [0.5, 0.6) is 0 Å². The second-order valence-corrected chi connectivity index (χ2v) is 32.1. The molecule has 0 saturated carbocycles. The smallest absolute Gasteiger partial charge is 0.328 e. The topological polar surface area (TPSA) is 333 Å². The first-order valence-electron chi connectivity index (χ1n) is 42.7. The molecule has 1 aromatic heterocycles. The summed E-state index contributed by atoms with van der Waals surface area (Å²) in [5, 5.41) is 14.9. The van der Waals surface area contributed by atoms with Crippen molar-refractivity contribution in [2.45, 2.75) is 178 Å². The van der Waals surface area contributed by atoms with Gasteiger partial charge in [0, 0.05) is 152 Å². The quantitative estimate of drug-likeness (QED) is 0.0294. The molecular weight excluding hydrogens is 1540 g/mol. The SMILES string of the molecule is [2H]C([2H])([2H])[C@@H](/C=C(\C)CN(CCCN1CCCC1=O)C(=O)[C@H](C)/C=C(\C)CN(CCCN1CCCC1)C(=O)[C@H](C)/C=C(\C)CNCCC(=O)O)C(=O)N(CCCn1ccnc1)C/C(C)=C/[C@@H](C)C(=O)N(CCCOC(C)C)CC(=O)N(CCCOC)CC(=O)N(CCc1ccc(Br)cc1)CC(=O)N(CCCCN)CC(=O)NC1CCOC1=O. The van der Waals surface area contributed by atoms with Crippen LogP contribution in [0.1, 0.15) is 162 Å². The molecule has 115 heavy (non-hydrogen) atoms. The molecule has 1 aromatic carbocycles. The fraction of sp³-hybridized carbons (Fsp3) is 0.671. The minimum absolute atomic E-state index is 0.0253. The van der Waals surface area contributed by atoms with E-state index in [2.05, 4.69) is 36.4 Å². The van der Waals surface area contributed by atoms with Crippen LogP contribution in [0.2, 0.25) is 0 Å². The lowest BCUT2D eigenvalue weighted by atomic mass is 10.0. The first kappa shape index (κ1) is 92.4. The number of benzene rings is 1. The van der Waals surface area contributed by atoms with Gasteiger partial charge in [-0.2, -0.15) is 0 Å². The standard InChI is InChI=1S/C85H135BrN14O15/c1-63(2)114-48-21-44-100(61-79(105)95(43-20-47-113-11)59-78(104)96(45-28-72-23-25-73(86)26-24-72)60-77(103)94(37-13-12-30-87)58-75(101)90-74-29-49-115-85(74)112)84(111)71(10)53-67(6)56-98(41-18-36-92-46-32-89-62-92)82(109)69(8)52-66(5)57-99(42-19-39-93-38-16-22-76(93)102)83(110)70(9)51-65(4)55-97(40-17-35-91-33-14-15-34-91)81(108)68(7)50-64(3)54-88-31-27-80(106)107/h23-26,32,46,50-53,62-63,68-71,74,88H,12-22,27-31,33-45,47-49,54-61,87H2,1-11H3,(H,90,101)(H,106,107)/b64-50+,65-51+,66-52+,67-53+/t68-,69+,70-,71-,74?/m1/s1/i8D3. The largest absolute Gasteiger partial charge is 0.481 e. The molecule has 3 aliphatic rings. The second-order valence-electron chi connectivity index (χ2n) is 31.2. The molecule has 30 heteroatoms. The van der Waals surface area contributed by atoms with E-state index in [9.17, 15) is 43.2 Å². The number of ether oxygens (including phenoxy) is 3. The third-order valence-electron chi connectivity index (χ3n) is 20.4. The van der Waals surface area contributed by atoms with Gasteiger partial charge in [-0.1, -0.05) is 102 Å². The van der Waals surface area contributed by atoms with Crippen molar-refractivity contribution in [3.05, 3.63) is 99.6 Å². The molecule has 9 amide bonds. The van der Waals surface area contributed by atoms with Crippen LogP contribution < -0.4 is 16.4 Å². The van der Waals surface area contributed by atoms with E-state index in [1.807, 2.05) is 80.5 Å². The number of nitrogens with zero attached hydrogens (tertiary/aromatic N) is 11. The van der Waals surface area contributed by atoms with Crippen LogP contribution in [0.4, 0.5) is 0 Å². The van der Waals surface area contributed by atoms with Crippen LogP contribution in [0.15, 0.2) is 94.1 Å². The normalized spacial score (nSPS) is 16.5. The second kappa shape index (κ2) is 53.2. The molecule has 4 heterocycles. The highest BCUT2D eigenvalue weighted by molar-refractivity contribution is 9.10. The molecule has 2 aromatic rings. The Labute approximate surface area is 695 Å². The number of halogens is 1. The maximum absolute atomic E-state index is 15.3. The maximum atomic E-state index is 15.3. The number of nitrogens with one attached hydrogen (secondary N) is 2. The molecule has 0 aliphatic carbocycles. The van der Waals surface area contributed by atoms with Crippen molar-refractivity contribution >= 4 is 81.0 Å². The molecule has 5 N–H and O–H groups in total. The Morgan fingerprint density at radius 2 is 1.13 bits per heavy atom. The zero-order chi connectivity index (χ0) is 86.9. The number of hydrogen-bond acceptors (Lipinski definition) is 18. The minimum atomic E-state index is -2.88. The fourth-order valence-electron chi connectivity index (χ4n) is 14.4. The number of carboxylic acid groups (broad SMARTS) is 1. The van der Waals surface area contributed by atoms with Crippen molar-refractivity contribution in [2.24, 2.45) is 29.4 Å². The van der Waals surface area contributed by atoms with Crippen molar-refractivity contribution in [1.82, 2.24) is 64.3 Å². The molecule has 0 radical (unpaired) electrons. The Balaban J connectivity index is 1.43. The molecule has 3 fully saturated rings. The van der Waals surface area contributed by atoms with E-state index < -0.39 is 110 Å². The van der Waals surface area contributed by atoms with Crippen molar-refractivity contribution in [3.63, 3.8) is 0 Å². The molecule has 0 spiro atoms. The highest BCUT2D eigenvalue weighted by Crippen LogP contribution is 2.21. The molecular formula is C85H135BrN14O15. The molecule has 0 bridgehead atoms. The summed E-state index contributed by atoms with van der Waals surface area (Å²) in [5.41, 5.74) is 9.35. The van der Waals surface area contributed by atoms with Gasteiger partial charge in [0.1, 0.15) is 6.04 Å². The van der Waals surface area contributed by atoms with E-state index in [1.165, 1.54) is 37.7 Å². The number of aryl methyl sites for hydroxylation is 1. The summed E-state index contributed by atoms with van der Waals surface area (Å²) in [4.78, 5) is 172. The Morgan fingerprint density at radius 3 is 1.65 bits per heavy atom. The van der Waals surface area contributed by atoms with Gasteiger partial charge in [-0.15, -0.1) is 0 Å². The van der Waals surface area contributed by atoms with E-state index in [0.29, 0.717) is 108 Å².